The maximum atomic E-state index is 12.0. The smallest absolute Gasteiger partial charge is 0.323 e. The molecule has 0 aromatic heterocycles. The van der Waals surface area contributed by atoms with Crippen LogP contribution in [0.2, 0.25) is 0 Å². The van der Waals surface area contributed by atoms with Gasteiger partial charge in [0.05, 0.1) is 6.54 Å². The molecule has 0 aliphatic heterocycles. The number of hydrogen-bond donors (Lipinski definition) is 2. The topological polar surface area (TPSA) is 69.6 Å². The molecule has 21 heavy (non-hydrogen) atoms. The number of benzene rings is 1. The van der Waals surface area contributed by atoms with Gasteiger partial charge in [-0.1, -0.05) is 25.5 Å². The molecule has 5 heteroatoms. The fraction of sp³-hybridized carbons (Fsp3) is 0.500. The molecule has 0 saturated carbocycles. The lowest BCUT2D eigenvalue weighted by molar-refractivity contribution is -0.148. The number of rotatable bonds is 7. The molecule has 1 aromatic carbocycles. The van der Waals surface area contributed by atoms with Crippen LogP contribution in [-0.4, -0.2) is 41.0 Å². The van der Waals surface area contributed by atoms with Gasteiger partial charge in [0, 0.05) is 5.69 Å². The molecule has 5 nitrogen and oxygen atoms in total. The van der Waals surface area contributed by atoms with Gasteiger partial charge in [-0.2, -0.15) is 0 Å². The van der Waals surface area contributed by atoms with Gasteiger partial charge in [-0.25, -0.2) is 0 Å². The highest BCUT2D eigenvalue weighted by Gasteiger charge is 2.32. The van der Waals surface area contributed by atoms with Crippen molar-refractivity contribution >= 4 is 17.6 Å². The number of amides is 1. The van der Waals surface area contributed by atoms with Crippen LogP contribution in [-0.2, 0) is 16.0 Å². The predicted octanol–water partition coefficient (Wildman–Crippen LogP) is 2.37. The maximum absolute atomic E-state index is 12.0. The number of carboxylic acid groups (broad SMARTS) is 1. The zero-order valence-electron chi connectivity index (χ0n) is 13.1. The first-order valence-corrected chi connectivity index (χ1v) is 7.10. The fourth-order valence-corrected chi connectivity index (χ4v) is 1.82. The first-order chi connectivity index (χ1) is 9.77. The Balaban J connectivity index is 2.59. The second-order valence-corrected chi connectivity index (χ2v) is 5.72. The van der Waals surface area contributed by atoms with E-state index in [9.17, 15) is 9.59 Å². The van der Waals surface area contributed by atoms with Crippen molar-refractivity contribution in [2.75, 3.05) is 18.9 Å². The van der Waals surface area contributed by atoms with Crippen molar-refractivity contribution in [2.24, 2.45) is 0 Å². The van der Waals surface area contributed by atoms with Crippen molar-refractivity contribution in [3.63, 3.8) is 0 Å². The predicted molar refractivity (Wildman–Crippen MR) is 83.4 cm³/mol. The molecular weight excluding hydrogens is 268 g/mol. The summed E-state index contributed by atoms with van der Waals surface area (Å²) >= 11 is 0. The Kier molecular flexibility index (Phi) is 5.90. The van der Waals surface area contributed by atoms with E-state index in [0.717, 1.165) is 18.5 Å². The molecule has 0 heterocycles. The molecule has 116 valence electrons. The second-order valence-electron chi connectivity index (χ2n) is 5.72. The molecule has 1 rings (SSSR count). The summed E-state index contributed by atoms with van der Waals surface area (Å²) in [5.41, 5.74) is 0.878. The fourth-order valence-electron chi connectivity index (χ4n) is 1.82. The van der Waals surface area contributed by atoms with Gasteiger partial charge in [0.1, 0.15) is 5.54 Å². The summed E-state index contributed by atoms with van der Waals surface area (Å²) in [6.45, 7) is 5.29. The average Bonchev–Trinajstić information content (AvgIpc) is 2.40. The third-order valence-corrected chi connectivity index (χ3v) is 3.63. The van der Waals surface area contributed by atoms with Gasteiger partial charge in [-0.15, -0.1) is 0 Å². The van der Waals surface area contributed by atoms with E-state index in [1.807, 2.05) is 24.3 Å². The van der Waals surface area contributed by atoms with Crippen LogP contribution in [0.4, 0.5) is 5.69 Å². The molecule has 0 fully saturated rings. The SMILES string of the molecule is CCCc1ccc(NC(=O)CN(C)C(C)(C)C(=O)O)cc1. The lowest BCUT2D eigenvalue weighted by atomic mass is 10.0. The summed E-state index contributed by atoms with van der Waals surface area (Å²) in [5.74, 6) is -1.18. The first kappa shape index (κ1) is 17.2. The molecule has 0 spiro atoms. The quantitative estimate of drug-likeness (QED) is 0.809. The van der Waals surface area contributed by atoms with Gasteiger partial charge in [-0.3, -0.25) is 14.5 Å². The Morgan fingerprint density at radius 1 is 1.24 bits per heavy atom. The van der Waals surface area contributed by atoms with Gasteiger partial charge in [0.15, 0.2) is 0 Å². The lowest BCUT2D eigenvalue weighted by Crippen LogP contribution is -2.50. The van der Waals surface area contributed by atoms with Crippen LogP contribution in [0.3, 0.4) is 0 Å². The van der Waals surface area contributed by atoms with Crippen LogP contribution in [0.1, 0.15) is 32.8 Å². The number of hydrogen-bond acceptors (Lipinski definition) is 3. The van der Waals surface area contributed by atoms with Crippen molar-refractivity contribution in [3.8, 4) is 0 Å². The van der Waals surface area contributed by atoms with E-state index in [0.29, 0.717) is 0 Å². The summed E-state index contributed by atoms with van der Waals surface area (Å²) in [5, 5.41) is 11.9. The van der Waals surface area contributed by atoms with Crippen LogP contribution < -0.4 is 5.32 Å². The molecule has 2 N–H and O–H groups in total. The molecule has 1 amide bonds. The summed E-state index contributed by atoms with van der Waals surface area (Å²) in [7, 11) is 1.62. The van der Waals surface area contributed by atoms with E-state index in [4.69, 9.17) is 5.11 Å². The van der Waals surface area contributed by atoms with Crippen LogP contribution in [0.15, 0.2) is 24.3 Å². The summed E-state index contributed by atoms with van der Waals surface area (Å²) in [6.07, 6.45) is 2.10. The summed E-state index contributed by atoms with van der Waals surface area (Å²) < 4.78 is 0. The van der Waals surface area contributed by atoms with Crippen LogP contribution in [0, 0.1) is 0 Å². The Hall–Kier alpha value is -1.88. The molecule has 0 bridgehead atoms. The van der Waals surface area contributed by atoms with Crippen LogP contribution >= 0.6 is 0 Å². The van der Waals surface area contributed by atoms with Gasteiger partial charge in [0.2, 0.25) is 5.91 Å². The summed E-state index contributed by atoms with van der Waals surface area (Å²) in [4.78, 5) is 24.6. The van der Waals surface area contributed by atoms with Crippen molar-refractivity contribution in [2.45, 2.75) is 39.2 Å². The van der Waals surface area contributed by atoms with Gasteiger partial charge in [0.25, 0.3) is 0 Å². The molecule has 0 aliphatic carbocycles. The molecule has 0 saturated heterocycles. The highest BCUT2D eigenvalue weighted by molar-refractivity contribution is 5.92. The van der Waals surface area contributed by atoms with Gasteiger partial charge in [-0.05, 0) is 45.0 Å². The number of likely N-dealkylation sites (N-methyl/N-ethyl adjacent to an activating group) is 1. The third kappa shape index (κ3) is 4.86. The number of carbonyl (C=O) groups is 2. The number of aryl methyl sites for hydroxylation is 1. The number of carbonyl (C=O) groups excluding carboxylic acids is 1. The van der Waals surface area contributed by atoms with Gasteiger partial charge >= 0.3 is 5.97 Å². The zero-order chi connectivity index (χ0) is 16.0. The van der Waals surface area contributed by atoms with Gasteiger partial charge < -0.3 is 10.4 Å². The number of nitrogens with zero attached hydrogens (tertiary/aromatic N) is 1. The first-order valence-electron chi connectivity index (χ1n) is 7.10. The lowest BCUT2D eigenvalue weighted by Gasteiger charge is -2.30. The number of anilines is 1. The highest BCUT2D eigenvalue weighted by Crippen LogP contribution is 2.14. The van der Waals surface area contributed by atoms with E-state index in [1.54, 1.807) is 20.9 Å². The molecule has 0 atom stereocenters. The number of carboxylic acids is 1. The monoisotopic (exact) mass is 292 g/mol. The van der Waals surface area contributed by atoms with Crippen molar-refractivity contribution in [1.29, 1.82) is 0 Å². The van der Waals surface area contributed by atoms with E-state index in [2.05, 4.69) is 12.2 Å². The van der Waals surface area contributed by atoms with Crippen molar-refractivity contribution in [1.82, 2.24) is 4.90 Å². The Morgan fingerprint density at radius 2 is 1.81 bits per heavy atom. The Morgan fingerprint density at radius 3 is 2.29 bits per heavy atom. The largest absolute Gasteiger partial charge is 0.480 e. The Labute approximate surface area is 126 Å². The molecule has 0 radical (unpaired) electrons. The normalized spacial score (nSPS) is 11.5. The van der Waals surface area contributed by atoms with Crippen molar-refractivity contribution in [3.05, 3.63) is 29.8 Å². The Bertz CT molecular complexity index is 495. The minimum absolute atomic E-state index is 0.0238. The number of nitrogens with one attached hydrogen (secondary N) is 1. The van der Waals surface area contributed by atoms with E-state index < -0.39 is 11.5 Å². The van der Waals surface area contributed by atoms with Crippen molar-refractivity contribution < 1.29 is 14.7 Å². The van der Waals surface area contributed by atoms with Crippen LogP contribution in [0.5, 0.6) is 0 Å². The third-order valence-electron chi connectivity index (χ3n) is 3.63. The zero-order valence-corrected chi connectivity index (χ0v) is 13.1. The maximum Gasteiger partial charge on any atom is 0.323 e. The molecule has 0 unspecified atom stereocenters. The van der Waals surface area contributed by atoms with E-state index >= 15 is 0 Å². The standard InChI is InChI=1S/C16H24N2O3/c1-5-6-12-7-9-13(10-8-12)17-14(19)11-18(4)16(2,3)15(20)21/h7-10H,5-6,11H2,1-4H3,(H,17,19)(H,20,21). The molecular formula is C16H24N2O3. The highest BCUT2D eigenvalue weighted by atomic mass is 16.4. The minimum Gasteiger partial charge on any atom is -0.480 e. The van der Waals surface area contributed by atoms with Crippen LogP contribution in [0.25, 0.3) is 0 Å². The second kappa shape index (κ2) is 7.22. The molecule has 0 aliphatic rings. The van der Waals surface area contributed by atoms with E-state index in [-0.39, 0.29) is 12.5 Å². The van der Waals surface area contributed by atoms with E-state index in [1.165, 1.54) is 10.5 Å². The minimum atomic E-state index is -1.08. The molecule has 1 aromatic rings. The number of aliphatic carboxylic acids is 1. The summed E-state index contributed by atoms with van der Waals surface area (Å²) in [6, 6.07) is 7.71. The average molecular weight is 292 g/mol.